The van der Waals surface area contributed by atoms with Crippen molar-refractivity contribution in [2.45, 2.75) is 366 Å². The van der Waals surface area contributed by atoms with E-state index in [4.69, 9.17) is 4.74 Å². The number of amides is 1. The highest BCUT2D eigenvalue weighted by Crippen LogP contribution is 2.20. The number of hydrogen-bond acceptors (Lipinski definition) is 5. The fraction of sp³-hybridized carbons (Fsp3) is 0.967. The molecule has 0 bridgehead atoms. The van der Waals surface area contributed by atoms with Gasteiger partial charge in [0.1, 0.15) is 6.10 Å². The lowest BCUT2D eigenvalue weighted by molar-refractivity contribution is -0.151. The summed E-state index contributed by atoms with van der Waals surface area (Å²) in [5.41, 5.74) is 0. The van der Waals surface area contributed by atoms with Gasteiger partial charge < -0.3 is 20.3 Å². The molecule has 0 aliphatic rings. The van der Waals surface area contributed by atoms with Crippen LogP contribution >= 0.6 is 0 Å². The van der Waals surface area contributed by atoms with Crippen molar-refractivity contribution in [2.75, 3.05) is 6.61 Å². The Kier molecular flexibility index (Phi) is 53.8. The van der Waals surface area contributed by atoms with Crippen LogP contribution < -0.4 is 5.32 Å². The topological polar surface area (TPSA) is 95.9 Å². The Labute approximate surface area is 413 Å². The van der Waals surface area contributed by atoms with Crippen LogP contribution in [0.15, 0.2) is 0 Å². The summed E-state index contributed by atoms with van der Waals surface area (Å²) in [7, 11) is 0. The van der Waals surface area contributed by atoms with Crippen LogP contribution in [0.1, 0.15) is 348 Å². The van der Waals surface area contributed by atoms with Gasteiger partial charge in [-0.3, -0.25) is 9.59 Å². The van der Waals surface area contributed by atoms with Crippen molar-refractivity contribution in [1.29, 1.82) is 0 Å². The van der Waals surface area contributed by atoms with E-state index in [9.17, 15) is 19.8 Å². The monoisotopic (exact) mass is 934 g/mol. The number of ether oxygens (including phenoxy) is 1. The maximum absolute atomic E-state index is 13.3. The van der Waals surface area contributed by atoms with Crippen LogP contribution in [0.5, 0.6) is 0 Å². The molecule has 0 aromatic rings. The van der Waals surface area contributed by atoms with Crippen molar-refractivity contribution in [1.82, 2.24) is 5.32 Å². The Morgan fingerprint density at radius 2 is 0.636 bits per heavy atom. The highest BCUT2D eigenvalue weighted by atomic mass is 16.5. The van der Waals surface area contributed by atoms with Crippen LogP contribution in [-0.2, 0) is 14.3 Å². The normalized spacial score (nSPS) is 13.0. The van der Waals surface area contributed by atoms with Crippen LogP contribution in [0.3, 0.4) is 0 Å². The van der Waals surface area contributed by atoms with Gasteiger partial charge in [-0.1, -0.05) is 310 Å². The lowest BCUT2D eigenvalue weighted by Gasteiger charge is -2.24. The van der Waals surface area contributed by atoms with E-state index in [1.54, 1.807) is 0 Å². The quantitative estimate of drug-likeness (QED) is 0.0417. The van der Waals surface area contributed by atoms with Crippen LogP contribution in [-0.4, -0.2) is 46.9 Å². The molecule has 0 aromatic heterocycles. The summed E-state index contributed by atoms with van der Waals surface area (Å²) in [6.07, 6.45) is 61.7. The molecule has 0 saturated carbocycles. The molecule has 6 heteroatoms. The van der Waals surface area contributed by atoms with E-state index in [1.165, 1.54) is 263 Å². The van der Waals surface area contributed by atoms with Gasteiger partial charge in [-0.15, -0.1) is 0 Å². The fourth-order valence-corrected chi connectivity index (χ4v) is 9.85. The molecule has 0 fully saturated rings. The number of carbonyl (C=O) groups excluding carboxylic acids is 2. The molecule has 0 heterocycles. The first-order valence-corrected chi connectivity index (χ1v) is 30.3. The predicted octanol–water partition coefficient (Wildman–Crippen LogP) is 18.7. The van der Waals surface area contributed by atoms with Crippen molar-refractivity contribution in [2.24, 2.45) is 0 Å². The first kappa shape index (κ1) is 64.9. The molecular weight excluding hydrogens is 815 g/mol. The molecular formula is C60H119NO5. The van der Waals surface area contributed by atoms with Gasteiger partial charge in [0, 0.05) is 6.42 Å². The van der Waals surface area contributed by atoms with Gasteiger partial charge in [-0.05, 0) is 25.7 Å². The highest BCUT2D eigenvalue weighted by Gasteiger charge is 2.24. The molecule has 0 aliphatic carbocycles. The Morgan fingerprint density at radius 1 is 0.379 bits per heavy atom. The summed E-state index contributed by atoms with van der Waals surface area (Å²) in [6, 6.07) is -0.693. The van der Waals surface area contributed by atoms with E-state index in [-0.39, 0.29) is 24.9 Å². The molecule has 3 unspecified atom stereocenters. The molecule has 0 spiro atoms. The molecule has 66 heavy (non-hydrogen) atoms. The molecule has 3 atom stereocenters. The van der Waals surface area contributed by atoms with Gasteiger partial charge >= 0.3 is 5.97 Å². The van der Waals surface area contributed by atoms with Gasteiger partial charge in [-0.25, -0.2) is 0 Å². The van der Waals surface area contributed by atoms with Gasteiger partial charge in [0.15, 0.2) is 0 Å². The van der Waals surface area contributed by atoms with E-state index in [2.05, 4.69) is 26.1 Å². The number of hydrogen-bond donors (Lipinski definition) is 3. The first-order valence-electron chi connectivity index (χ1n) is 30.3. The number of carbonyl (C=O) groups is 2. The maximum Gasteiger partial charge on any atom is 0.306 e. The summed E-state index contributed by atoms with van der Waals surface area (Å²) in [5, 5.41) is 23.9. The third-order valence-electron chi connectivity index (χ3n) is 14.4. The Bertz CT molecular complexity index is 959. The largest absolute Gasteiger partial charge is 0.462 e. The van der Waals surface area contributed by atoms with Gasteiger partial charge in [0.05, 0.1) is 25.2 Å². The summed E-state index contributed by atoms with van der Waals surface area (Å²) in [4.78, 5) is 26.3. The first-order chi connectivity index (χ1) is 32.5. The second-order valence-corrected chi connectivity index (χ2v) is 21.1. The zero-order valence-corrected chi connectivity index (χ0v) is 45.1. The summed E-state index contributed by atoms with van der Waals surface area (Å²) in [6.45, 7) is 6.55. The van der Waals surface area contributed by atoms with Crippen molar-refractivity contribution >= 4 is 11.9 Å². The average Bonchev–Trinajstić information content (AvgIpc) is 3.31. The highest BCUT2D eigenvalue weighted by molar-refractivity contribution is 5.77. The minimum Gasteiger partial charge on any atom is -0.462 e. The standard InChI is InChI=1S/C60H119NO5/c1-4-7-10-13-16-19-22-25-28-30-31-33-36-39-42-45-48-51-56(66-60(65)53-50-47-44-41-38-35-32-29-26-23-20-17-14-11-8-5-2)54-59(64)61-57(55-62)58(63)52-49-46-43-40-37-34-27-24-21-18-15-12-9-6-3/h56-58,62-63H,4-55H2,1-3H3,(H,61,64). The number of nitrogens with one attached hydrogen (secondary N) is 1. The number of unbranched alkanes of at least 4 members (excludes halogenated alkanes) is 44. The zero-order valence-electron chi connectivity index (χ0n) is 45.1. The predicted molar refractivity (Wildman–Crippen MR) is 287 cm³/mol. The van der Waals surface area contributed by atoms with Crippen LogP contribution in [0.2, 0.25) is 0 Å². The van der Waals surface area contributed by atoms with Crippen molar-refractivity contribution in [3.63, 3.8) is 0 Å². The van der Waals surface area contributed by atoms with E-state index in [0.29, 0.717) is 19.3 Å². The van der Waals surface area contributed by atoms with E-state index in [1.807, 2.05) is 0 Å². The summed E-state index contributed by atoms with van der Waals surface area (Å²) < 4.78 is 5.98. The number of aliphatic hydroxyl groups excluding tert-OH is 2. The summed E-state index contributed by atoms with van der Waals surface area (Å²) in [5.74, 6) is -0.442. The maximum atomic E-state index is 13.3. The molecule has 1 amide bonds. The second-order valence-electron chi connectivity index (χ2n) is 21.1. The average molecular weight is 935 g/mol. The van der Waals surface area contributed by atoms with Crippen LogP contribution in [0.25, 0.3) is 0 Å². The minimum atomic E-state index is -0.780. The number of esters is 1. The van der Waals surface area contributed by atoms with E-state index < -0.39 is 18.2 Å². The van der Waals surface area contributed by atoms with E-state index in [0.717, 1.165) is 38.5 Å². The lowest BCUT2D eigenvalue weighted by atomic mass is 10.0. The Balaban J connectivity index is 4.49. The molecule has 0 aromatic carbocycles. The summed E-state index contributed by atoms with van der Waals surface area (Å²) >= 11 is 0. The number of aliphatic hydroxyl groups is 2. The van der Waals surface area contributed by atoms with Crippen LogP contribution in [0.4, 0.5) is 0 Å². The van der Waals surface area contributed by atoms with Gasteiger partial charge in [0.25, 0.3) is 0 Å². The molecule has 394 valence electrons. The molecule has 6 nitrogen and oxygen atoms in total. The van der Waals surface area contributed by atoms with Crippen LogP contribution in [0, 0.1) is 0 Å². The smallest absolute Gasteiger partial charge is 0.306 e. The van der Waals surface area contributed by atoms with Crippen molar-refractivity contribution in [3.05, 3.63) is 0 Å². The Hall–Kier alpha value is -1.14. The third-order valence-corrected chi connectivity index (χ3v) is 14.4. The van der Waals surface area contributed by atoms with Crippen molar-refractivity contribution < 1.29 is 24.5 Å². The minimum absolute atomic E-state index is 0.0889. The molecule has 3 N–H and O–H groups in total. The van der Waals surface area contributed by atoms with E-state index >= 15 is 0 Å². The molecule has 0 rings (SSSR count). The lowest BCUT2D eigenvalue weighted by Crippen LogP contribution is -2.46. The van der Waals surface area contributed by atoms with Gasteiger partial charge in [0.2, 0.25) is 5.91 Å². The molecule has 0 radical (unpaired) electrons. The fourth-order valence-electron chi connectivity index (χ4n) is 9.85. The second kappa shape index (κ2) is 54.8. The SMILES string of the molecule is CCCCCCCCCCCCCCCCCCCC(CC(=O)NC(CO)C(O)CCCCCCCCCCCCCCCC)OC(=O)CCCCCCCCCCCCCCCCCC. The molecule has 0 aliphatic heterocycles. The zero-order chi connectivity index (χ0) is 48.1. The third kappa shape index (κ3) is 49.3. The number of rotatable bonds is 56. The van der Waals surface area contributed by atoms with Crippen molar-refractivity contribution in [3.8, 4) is 0 Å². The Morgan fingerprint density at radius 3 is 0.924 bits per heavy atom. The van der Waals surface area contributed by atoms with Gasteiger partial charge in [-0.2, -0.15) is 0 Å². The molecule has 0 saturated heterocycles.